The van der Waals surface area contributed by atoms with Gasteiger partial charge in [0, 0.05) is 24.7 Å². The molecule has 2 aromatic rings. The molecule has 3 amide bonds. The minimum atomic E-state index is -0.655. The fourth-order valence-corrected chi connectivity index (χ4v) is 4.48. The van der Waals surface area contributed by atoms with Gasteiger partial charge in [-0.15, -0.1) is 11.3 Å². The van der Waals surface area contributed by atoms with E-state index in [0.717, 1.165) is 11.3 Å². The van der Waals surface area contributed by atoms with Crippen molar-refractivity contribution < 1.29 is 19.1 Å². The van der Waals surface area contributed by atoms with Gasteiger partial charge in [0.15, 0.2) is 0 Å². The van der Waals surface area contributed by atoms with Crippen LogP contribution in [0.3, 0.4) is 0 Å². The topological polar surface area (TPSA) is 87.7 Å². The summed E-state index contributed by atoms with van der Waals surface area (Å²) in [6.07, 6.45) is 2.11. The van der Waals surface area contributed by atoms with Crippen molar-refractivity contribution in [2.24, 2.45) is 5.92 Å². The lowest BCUT2D eigenvalue weighted by Gasteiger charge is -2.36. The standard InChI is InChI=1S/C24H31N3O4S/c1-4-16(2)25-23(29)21(26-22(28)18-7-9-19(31-3)10-8-18)17-11-13-27(14-12-17)24(30)20-6-5-15-32-20/h5-10,15-17,21H,4,11-14H2,1-3H3,(H,25,29)(H,26,28)/t16-,21+/m1/s1. The third kappa shape index (κ3) is 5.88. The van der Waals surface area contributed by atoms with E-state index in [4.69, 9.17) is 4.74 Å². The summed E-state index contributed by atoms with van der Waals surface area (Å²) in [5.74, 6) is 0.170. The molecule has 172 valence electrons. The number of ether oxygens (including phenoxy) is 1. The number of piperidine rings is 1. The van der Waals surface area contributed by atoms with E-state index in [0.29, 0.717) is 37.2 Å². The fraction of sp³-hybridized carbons (Fsp3) is 0.458. The van der Waals surface area contributed by atoms with E-state index in [-0.39, 0.29) is 29.7 Å². The summed E-state index contributed by atoms with van der Waals surface area (Å²) in [5, 5.41) is 7.85. The Hall–Kier alpha value is -2.87. The molecule has 0 radical (unpaired) electrons. The summed E-state index contributed by atoms with van der Waals surface area (Å²) in [6.45, 7) is 5.08. The van der Waals surface area contributed by atoms with Gasteiger partial charge in [-0.3, -0.25) is 14.4 Å². The van der Waals surface area contributed by atoms with Gasteiger partial charge in [0.2, 0.25) is 5.91 Å². The number of nitrogens with zero attached hydrogens (tertiary/aromatic N) is 1. The maximum absolute atomic E-state index is 13.1. The quantitative estimate of drug-likeness (QED) is 0.637. The lowest BCUT2D eigenvalue weighted by molar-refractivity contribution is -0.125. The normalized spacial score (nSPS) is 16.2. The number of methoxy groups -OCH3 is 1. The van der Waals surface area contributed by atoms with Crippen LogP contribution in [0.4, 0.5) is 0 Å². The molecule has 1 aromatic carbocycles. The Morgan fingerprint density at radius 2 is 1.81 bits per heavy atom. The zero-order chi connectivity index (χ0) is 23.1. The highest BCUT2D eigenvalue weighted by molar-refractivity contribution is 7.12. The van der Waals surface area contributed by atoms with Gasteiger partial charge in [-0.05, 0) is 67.8 Å². The van der Waals surface area contributed by atoms with E-state index in [1.54, 1.807) is 31.4 Å². The third-order valence-electron chi connectivity index (χ3n) is 5.95. The molecule has 0 aliphatic carbocycles. The maximum Gasteiger partial charge on any atom is 0.263 e. The number of benzene rings is 1. The lowest BCUT2D eigenvalue weighted by Crippen LogP contribution is -2.55. The van der Waals surface area contributed by atoms with Crippen molar-refractivity contribution in [3.05, 3.63) is 52.2 Å². The minimum Gasteiger partial charge on any atom is -0.497 e. The van der Waals surface area contributed by atoms with E-state index >= 15 is 0 Å². The Bertz CT molecular complexity index is 906. The lowest BCUT2D eigenvalue weighted by atomic mass is 9.88. The van der Waals surface area contributed by atoms with Crippen LogP contribution in [-0.2, 0) is 4.79 Å². The van der Waals surface area contributed by atoms with Crippen molar-refractivity contribution in [1.82, 2.24) is 15.5 Å². The number of nitrogens with one attached hydrogen (secondary N) is 2. The van der Waals surface area contributed by atoms with Crippen LogP contribution in [-0.4, -0.2) is 54.9 Å². The third-order valence-corrected chi connectivity index (χ3v) is 6.81. The SMILES string of the molecule is CC[C@@H](C)NC(=O)[C@@H](NC(=O)c1ccc(OC)cc1)C1CCN(C(=O)c2cccs2)CC1. The predicted molar refractivity (Wildman–Crippen MR) is 125 cm³/mol. The van der Waals surface area contributed by atoms with Crippen molar-refractivity contribution in [1.29, 1.82) is 0 Å². The minimum absolute atomic E-state index is 0.0170. The van der Waals surface area contributed by atoms with Crippen LogP contribution in [0.1, 0.15) is 53.1 Å². The highest BCUT2D eigenvalue weighted by Gasteiger charge is 2.34. The van der Waals surface area contributed by atoms with E-state index < -0.39 is 6.04 Å². The number of thiophene rings is 1. The zero-order valence-corrected chi connectivity index (χ0v) is 19.6. The molecule has 1 aliphatic rings. The Morgan fingerprint density at radius 3 is 2.38 bits per heavy atom. The van der Waals surface area contributed by atoms with Crippen molar-refractivity contribution in [3.63, 3.8) is 0 Å². The second-order valence-corrected chi connectivity index (χ2v) is 9.05. The van der Waals surface area contributed by atoms with E-state index in [1.165, 1.54) is 11.3 Å². The van der Waals surface area contributed by atoms with Crippen LogP contribution < -0.4 is 15.4 Å². The monoisotopic (exact) mass is 457 g/mol. The number of rotatable bonds is 8. The summed E-state index contributed by atoms with van der Waals surface area (Å²) in [5.41, 5.74) is 0.470. The highest BCUT2D eigenvalue weighted by atomic mass is 32.1. The summed E-state index contributed by atoms with van der Waals surface area (Å²) in [4.78, 5) is 41.1. The molecular formula is C24H31N3O4S. The van der Waals surface area contributed by atoms with Crippen LogP contribution >= 0.6 is 11.3 Å². The van der Waals surface area contributed by atoms with Gasteiger partial charge in [-0.1, -0.05) is 13.0 Å². The maximum atomic E-state index is 13.1. The molecule has 0 unspecified atom stereocenters. The largest absolute Gasteiger partial charge is 0.497 e. The summed E-state index contributed by atoms with van der Waals surface area (Å²) < 4.78 is 5.15. The Kier molecular flexibility index (Phi) is 8.27. The number of likely N-dealkylation sites (tertiary alicyclic amines) is 1. The first-order chi connectivity index (χ1) is 15.4. The first-order valence-electron chi connectivity index (χ1n) is 11.0. The molecule has 1 fully saturated rings. The molecule has 7 nitrogen and oxygen atoms in total. The van der Waals surface area contributed by atoms with Gasteiger partial charge < -0.3 is 20.3 Å². The van der Waals surface area contributed by atoms with Crippen molar-refractivity contribution in [2.75, 3.05) is 20.2 Å². The van der Waals surface area contributed by atoms with Crippen LogP contribution in [0.5, 0.6) is 5.75 Å². The molecule has 2 N–H and O–H groups in total. The highest BCUT2D eigenvalue weighted by Crippen LogP contribution is 2.24. The molecule has 32 heavy (non-hydrogen) atoms. The number of hydrogen-bond acceptors (Lipinski definition) is 5. The van der Waals surface area contributed by atoms with Gasteiger partial charge in [-0.25, -0.2) is 0 Å². The summed E-state index contributed by atoms with van der Waals surface area (Å²) >= 11 is 1.43. The van der Waals surface area contributed by atoms with Gasteiger partial charge in [0.25, 0.3) is 11.8 Å². The molecule has 3 rings (SSSR count). The average Bonchev–Trinajstić information content (AvgIpc) is 3.37. The fourth-order valence-electron chi connectivity index (χ4n) is 3.79. The van der Waals surface area contributed by atoms with Gasteiger partial charge in [0.05, 0.1) is 12.0 Å². The number of hydrogen-bond donors (Lipinski definition) is 2. The molecule has 2 atom stereocenters. The van der Waals surface area contributed by atoms with Crippen molar-refractivity contribution in [2.45, 2.75) is 45.2 Å². The zero-order valence-electron chi connectivity index (χ0n) is 18.8. The smallest absolute Gasteiger partial charge is 0.263 e. The Balaban J connectivity index is 1.69. The summed E-state index contributed by atoms with van der Waals surface area (Å²) in [7, 11) is 1.57. The number of carbonyl (C=O) groups excluding carboxylic acids is 3. The van der Waals surface area contributed by atoms with E-state index in [2.05, 4.69) is 10.6 Å². The van der Waals surface area contributed by atoms with Gasteiger partial charge in [-0.2, -0.15) is 0 Å². The number of carbonyl (C=O) groups is 3. The van der Waals surface area contributed by atoms with Crippen molar-refractivity contribution >= 4 is 29.1 Å². The molecule has 2 heterocycles. The van der Waals surface area contributed by atoms with Crippen molar-refractivity contribution in [3.8, 4) is 5.75 Å². The average molecular weight is 458 g/mol. The predicted octanol–water partition coefficient (Wildman–Crippen LogP) is 3.32. The molecule has 1 saturated heterocycles. The first kappa shape index (κ1) is 23.8. The second-order valence-electron chi connectivity index (χ2n) is 8.10. The molecule has 1 aromatic heterocycles. The molecule has 8 heteroatoms. The van der Waals surface area contributed by atoms with Gasteiger partial charge >= 0.3 is 0 Å². The van der Waals surface area contributed by atoms with Crippen LogP contribution in [0.2, 0.25) is 0 Å². The first-order valence-corrected chi connectivity index (χ1v) is 11.9. The Morgan fingerprint density at radius 1 is 1.12 bits per heavy atom. The molecular weight excluding hydrogens is 426 g/mol. The number of amides is 3. The van der Waals surface area contributed by atoms with E-state index in [1.807, 2.05) is 36.3 Å². The molecule has 0 saturated carbocycles. The summed E-state index contributed by atoms with van der Waals surface area (Å²) in [6, 6.07) is 9.86. The second kappa shape index (κ2) is 11.1. The van der Waals surface area contributed by atoms with E-state index in [9.17, 15) is 14.4 Å². The van der Waals surface area contributed by atoms with Crippen LogP contribution in [0.25, 0.3) is 0 Å². The molecule has 0 bridgehead atoms. The molecule has 0 spiro atoms. The van der Waals surface area contributed by atoms with Crippen LogP contribution in [0.15, 0.2) is 41.8 Å². The van der Waals surface area contributed by atoms with Crippen LogP contribution in [0, 0.1) is 5.92 Å². The van der Waals surface area contributed by atoms with Gasteiger partial charge in [0.1, 0.15) is 11.8 Å². The molecule has 1 aliphatic heterocycles. The Labute approximate surface area is 193 Å².